The number of halogens is 1. The van der Waals surface area contributed by atoms with Crippen molar-refractivity contribution in [2.45, 2.75) is 45.3 Å². The molecule has 0 radical (unpaired) electrons. The first kappa shape index (κ1) is 22.9. The van der Waals surface area contributed by atoms with Gasteiger partial charge in [0, 0.05) is 10.5 Å². The maximum Gasteiger partial charge on any atom is 0.262 e. The van der Waals surface area contributed by atoms with Gasteiger partial charge in [-0.25, -0.2) is 0 Å². The maximum absolute atomic E-state index is 12.7. The first-order chi connectivity index (χ1) is 15.0. The van der Waals surface area contributed by atoms with E-state index in [2.05, 4.69) is 28.2 Å². The van der Waals surface area contributed by atoms with Gasteiger partial charge in [0.05, 0.1) is 7.11 Å². The summed E-state index contributed by atoms with van der Waals surface area (Å²) in [5.41, 5.74) is 1.79. The van der Waals surface area contributed by atoms with Gasteiger partial charge < -0.3 is 14.8 Å². The SMILES string of the molecule is COc1cc(/C=C(\C#N)C(=O)N[C@H]2CCCC[C@H]2C)c(Br)cc1OCc1ccccc1. The van der Waals surface area contributed by atoms with Gasteiger partial charge in [-0.2, -0.15) is 5.26 Å². The van der Waals surface area contributed by atoms with Crippen LogP contribution < -0.4 is 14.8 Å². The van der Waals surface area contributed by atoms with Gasteiger partial charge >= 0.3 is 0 Å². The van der Waals surface area contributed by atoms with Crippen molar-refractivity contribution in [2.75, 3.05) is 7.11 Å². The number of nitrogens with one attached hydrogen (secondary N) is 1. The van der Waals surface area contributed by atoms with E-state index in [1.807, 2.05) is 36.4 Å². The number of amides is 1. The van der Waals surface area contributed by atoms with Gasteiger partial charge in [-0.05, 0) is 48.1 Å². The summed E-state index contributed by atoms with van der Waals surface area (Å²) in [7, 11) is 1.56. The smallest absolute Gasteiger partial charge is 0.262 e. The number of ether oxygens (including phenoxy) is 2. The van der Waals surface area contributed by atoms with Crippen molar-refractivity contribution in [1.29, 1.82) is 5.26 Å². The van der Waals surface area contributed by atoms with Crippen molar-refractivity contribution >= 4 is 27.9 Å². The Morgan fingerprint density at radius 2 is 1.97 bits per heavy atom. The maximum atomic E-state index is 12.7. The van der Waals surface area contributed by atoms with Crippen LogP contribution in [0.5, 0.6) is 11.5 Å². The lowest BCUT2D eigenvalue weighted by Crippen LogP contribution is -2.41. The number of hydrogen-bond acceptors (Lipinski definition) is 4. The first-order valence-electron chi connectivity index (χ1n) is 10.5. The normalized spacial score (nSPS) is 18.7. The molecule has 0 aromatic heterocycles. The molecule has 1 aliphatic rings. The molecule has 0 unspecified atom stereocenters. The van der Waals surface area contributed by atoms with Crippen LogP contribution in [-0.4, -0.2) is 19.1 Å². The quantitative estimate of drug-likeness (QED) is 0.409. The van der Waals surface area contributed by atoms with Crippen LogP contribution in [0.25, 0.3) is 6.08 Å². The third-order valence-electron chi connectivity index (χ3n) is 5.61. The molecule has 0 spiro atoms. The Morgan fingerprint density at radius 3 is 2.65 bits per heavy atom. The predicted octanol–water partition coefficient (Wildman–Crippen LogP) is 5.64. The summed E-state index contributed by atoms with van der Waals surface area (Å²) in [4.78, 5) is 12.7. The van der Waals surface area contributed by atoms with Gasteiger partial charge in [-0.3, -0.25) is 4.79 Å². The third kappa shape index (κ3) is 6.11. The van der Waals surface area contributed by atoms with E-state index in [0.29, 0.717) is 34.1 Å². The van der Waals surface area contributed by atoms with Crippen molar-refractivity contribution in [3.8, 4) is 17.6 Å². The van der Waals surface area contributed by atoms with Gasteiger partial charge in [0.25, 0.3) is 5.91 Å². The number of nitrogens with zero attached hydrogens (tertiary/aromatic N) is 1. The topological polar surface area (TPSA) is 71.3 Å². The van der Waals surface area contributed by atoms with Crippen molar-refractivity contribution in [1.82, 2.24) is 5.32 Å². The summed E-state index contributed by atoms with van der Waals surface area (Å²) in [6.07, 6.45) is 5.94. The fourth-order valence-corrected chi connectivity index (χ4v) is 4.19. The molecule has 1 saturated carbocycles. The van der Waals surface area contributed by atoms with Gasteiger partial charge in [0.15, 0.2) is 11.5 Å². The van der Waals surface area contributed by atoms with Crippen LogP contribution in [0.1, 0.15) is 43.7 Å². The molecule has 162 valence electrons. The van der Waals surface area contributed by atoms with E-state index in [1.54, 1.807) is 25.3 Å². The molecule has 1 fully saturated rings. The van der Waals surface area contributed by atoms with E-state index in [9.17, 15) is 10.1 Å². The summed E-state index contributed by atoms with van der Waals surface area (Å²) in [5.74, 6) is 1.19. The standard InChI is InChI=1S/C25H27BrN2O3/c1-17-8-6-7-11-22(17)28-25(29)20(15-27)12-19-13-23(30-2)24(14-21(19)26)31-16-18-9-4-3-5-10-18/h3-5,9-10,12-14,17,22H,6-8,11,16H2,1-2H3,(H,28,29)/b20-12+/t17-,22+/m1/s1. The highest BCUT2D eigenvalue weighted by atomic mass is 79.9. The van der Waals surface area contributed by atoms with E-state index in [-0.39, 0.29) is 17.5 Å². The number of benzene rings is 2. The zero-order valence-electron chi connectivity index (χ0n) is 17.9. The second kappa shape index (κ2) is 11.0. The largest absolute Gasteiger partial charge is 0.493 e. The fraction of sp³-hybridized carbons (Fsp3) is 0.360. The number of methoxy groups -OCH3 is 1. The molecule has 0 saturated heterocycles. The Hall–Kier alpha value is -2.78. The molecule has 5 nitrogen and oxygen atoms in total. The van der Waals surface area contributed by atoms with Crippen LogP contribution in [0, 0.1) is 17.2 Å². The number of carbonyl (C=O) groups excluding carboxylic acids is 1. The molecule has 0 aliphatic heterocycles. The minimum absolute atomic E-state index is 0.0680. The molecule has 1 N–H and O–H groups in total. The molecule has 3 rings (SSSR count). The number of carbonyl (C=O) groups is 1. The van der Waals surface area contributed by atoms with Crippen LogP contribution in [0.15, 0.2) is 52.5 Å². The van der Waals surface area contributed by atoms with Crippen molar-refractivity contribution in [2.24, 2.45) is 5.92 Å². The molecule has 0 heterocycles. The van der Waals surface area contributed by atoms with E-state index in [0.717, 1.165) is 24.8 Å². The molecule has 2 aromatic carbocycles. The van der Waals surface area contributed by atoms with Crippen molar-refractivity contribution in [3.63, 3.8) is 0 Å². The van der Waals surface area contributed by atoms with Crippen LogP contribution in [0.4, 0.5) is 0 Å². The second-order valence-electron chi connectivity index (χ2n) is 7.81. The summed E-state index contributed by atoms with van der Waals surface area (Å²) in [5, 5.41) is 12.6. The highest BCUT2D eigenvalue weighted by Gasteiger charge is 2.24. The fourth-order valence-electron chi connectivity index (χ4n) is 3.75. The molecular formula is C25H27BrN2O3. The van der Waals surface area contributed by atoms with Crippen molar-refractivity contribution in [3.05, 3.63) is 63.6 Å². The Labute approximate surface area is 192 Å². The van der Waals surface area contributed by atoms with E-state index in [4.69, 9.17) is 9.47 Å². The molecule has 1 amide bonds. The Kier molecular flexibility index (Phi) is 8.13. The lowest BCUT2D eigenvalue weighted by molar-refractivity contribution is -0.118. The van der Waals surface area contributed by atoms with Gasteiger partial charge in [-0.15, -0.1) is 0 Å². The highest BCUT2D eigenvalue weighted by Crippen LogP contribution is 2.35. The minimum Gasteiger partial charge on any atom is -0.493 e. The summed E-state index contributed by atoms with van der Waals surface area (Å²) in [6.45, 7) is 2.56. The van der Waals surface area contributed by atoms with Crippen LogP contribution >= 0.6 is 15.9 Å². The summed E-state index contributed by atoms with van der Waals surface area (Å²) >= 11 is 3.53. The average Bonchev–Trinajstić information content (AvgIpc) is 2.79. The van der Waals surface area contributed by atoms with Gasteiger partial charge in [0.2, 0.25) is 0 Å². The van der Waals surface area contributed by atoms with E-state index in [1.165, 1.54) is 6.42 Å². The summed E-state index contributed by atoms with van der Waals surface area (Å²) < 4.78 is 12.1. The minimum atomic E-state index is -0.337. The van der Waals surface area contributed by atoms with Crippen LogP contribution in [-0.2, 0) is 11.4 Å². The number of hydrogen-bond donors (Lipinski definition) is 1. The van der Waals surface area contributed by atoms with Crippen molar-refractivity contribution < 1.29 is 14.3 Å². The van der Waals surface area contributed by atoms with Gasteiger partial charge in [0.1, 0.15) is 18.2 Å². The predicted molar refractivity (Wildman–Crippen MR) is 125 cm³/mol. The Morgan fingerprint density at radius 1 is 1.23 bits per heavy atom. The number of rotatable bonds is 7. The van der Waals surface area contributed by atoms with Gasteiger partial charge in [-0.1, -0.05) is 66.0 Å². The van der Waals surface area contributed by atoms with E-state index < -0.39 is 0 Å². The number of nitriles is 1. The third-order valence-corrected chi connectivity index (χ3v) is 6.30. The zero-order valence-corrected chi connectivity index (χ0v) is 19.4. The van der Waals surface area contributed by atoms with Crippen LogP contribution in [0.3, 0.4) is 0 Å². The van der Waals surface area contributed by atoms with Crippen LogP contribution in [0.2, 0.25) is 0 Å². The Bertz CT molecular complexity index is 982. The molecule has 31 heavy (non-hydrogen) atoms. The molecule has 6 heteroatoms. The second-order valence-corrected chi connectivity index (χ2v) is 8.66. The molecule has 2 atom stereocenters. The molecule has 0 bridgehead atoms. The average molecular weight is 483 g/mol. The highest BCUT2D eigenvalue weighted by molar-refractivity contribution is 9.10. The molecule has 1 aliphatic carbocycles. The first-order valence-corrected chi connectivity index (χ1v) is 11.3. The zero-order chi connectivity index (χ0) is 22.2. The van der Waals surface area contributed by atoms with E-state index >= 15 is 0 Å². The lowest BCUT2D eigenvalue weighted by Gasteiger charge is -2.29. The lowest BCUT2D eigenvalue weighted by atomic mass is 9.86. The molecule has 2 aromatic rings. The Balaban J connectivity index is 1.77. The molecular weight excluding hydrogens is 456 g/mol. The summed E-state index contributed by atoms with van der Waals surface area (Å²) in [6, 6.07) is 15.6. The monoisotopic (exact) mass is 482 g/mol.